The van der Waals surface area contributed by atoms with E-state index in [1.807, 2.05) is 11.8 Å². The van der Waals surface area contributed by atoms with Gasteiger partial charge in [0.1, 0.15) is 11.5 Å². The van der Waals surface area contributed by atoms with Gasteiger partial charge < -0.3 is 19.7 Å². The van der Waals surface area contributed by atoms with Crippen LogP contribution in [0.25, 0.3) is 0 Å². The lowest BCUT2D eigenvalue weighted by Gasteiger charge is -2.33. The van der Waals surface area contributed by atoms with Crippen molar-refractivity contribution in [3.05, 3.63) is 17.2 Å². The third kappa shape index (κ3) is 4.47. The first-order valence-electron chi connectivity index (χ1n) is 8.55. The number of amides is 1. The zero-order chi connectivity index (χ0) is 17.5. The van der Waals surface area contributed by atoms with Crippen LogP contribution in [0.2, 0.25) is 5.02 Å². The largest absolute Gasteiger partial charge is 0.495 e. The number of methoxy groups -OCH3 is 2. The Bertz CT molecular complexity index is 559. The van der Waals surface area contributed by atoms with Gasteiger partial charge in [0.05, 0.1) is 31.5 Å². The Kier molecular flexibility index (Phi) is 7.03. The Hall–Kier alpha value is -1.62. The van der Waals surface area contributed by atoms with Crippen LogP contribution in [-0.4, -0.2) is 44.2 Å². The lowest BCUT2D eigenvalue weighted by molar-refractivity contribution is -0.132. The fourth-order valence-electron chi connectivity index (χ4n) is 3.30. The maximum absolute atomic E-state index is 12.6. The monoisotopic (exact) mass is 354 g/mol. The summed E-state index contributed by atoms with van der Waals surface area (Å²) in [7, 11) is 3.13. The number of rotatable bonds is 7. The molecule has 0 radical (unpaired) electrons. The molecule has 0 heterocycles. The molecule has 134 valence electrons. The molecule has 6 heteroatoms. The summed E-state index contributed by atoms with van der Waals surface area (Å²) in [6.07, 6.45) is 5.92. The molecule has 0 atom stereocenters. The molecule has 1 N–H and O–H groups in total. The van der Waals surface area contributed by atoms with E-state index in [9.17, 15) is 4.79 Å². The number of carbonyl (C=O) groups is 1. The van der Waals surface area contributed by atoms with Crippen LogP contribution in [0.5, 0.6) is 11.5 Å². The average molecular weight is 355 g/mol. The van der Waals surface area contributed by atoms with Crippen molar-refractivity contribution in [3.8, 4) is 11.5 Å². The molecule has 0 unspecified atom stereocenters. The molecule has 0 spiro atoms. The molecule has 1 aliphatic rings. The molecular formula is C18H27ClN2O3. The standard InChI is InChI=1S/C18H27ClN2O3/c1-4-21(13-8-6-5-7-9-13)18(22)12-20-15-11-16(23-2)14(19)10-17(15)24-3/h10-11,13,20H,4-9,12H2,1-3H3. The summed E-state index contributed by atoms with van der Waals surface area (Å²) >= 11 is 6.11. The molecule has 1 aromatic carbocycles. The van der Waals surface area contributed by atoms with Gasteiger partial charge in [0.2, 0.25) is 5.91 Å². The SMILES string of the molecule is CCN(C(=O)CNc1cc(OC)c(Cl)cc1OC)C1CCCCC1. The smallest absolute Gasteiger partial charge is 0.242 e. The fraction of sp³-hybridized carbons (Fsp3) is 0.611. The van der Waals surface area contributed by atoms with Gasteiger partial charge in [-0.15, -0.1) is 0 Å². The van der Waals surface area contributed by atoms with Gasteiger partial charge in [-0.1, -0.05) is 30.9 Å². The zero-order valence-electron chi connectivity index (χ0n) is 14.7. The van der Waals surface area contributed by atoms with E-state index in [-0.39, 0.29) is 12.5 Å². The third-order valence-corrected chi connectivity index (χ3v) is 4.88. The van der Waals surface area contributed by atoms with E-state index >= 15 is 0 Å². The number of hydrogen-bond acceptors (Lipinski definition) is 4. The second-order valence-electron chi connectivity index (χ2n) is 6.01. The summed E-state index contributed by atoms with van der Waals surface area (Å²) in [5.74, 6) is 1.25. The first kappa shape index (κ1) is 18.7. The Morgan fingerprint density at radius 3 is 2.46 bits per heavy atom. The van der Waals surface area contributed by atoms with E-state index < -0.39 is 0 Å². The first-order chi connectivity index (χ1) is 11.6. The summed E-state index contributed by atoms with van der Waals surface area (Å²) in [6, 6.07) is 3.82. The number of likely N-dealkylation sites (N-methyl/N-ethyl adjacent to an activating group) is 1. The number of anilines is 1. The maximum atomic E-state index is 12.6. The van der Waals surface area contributed by atoms with Crippen LogP contribution in [-0.2, 0) is 4.79 Å². The minimum absolute atomic E-state index is 0.111. The van der Waals surface area contributed by atoms with Crippen LogP contribution in [0.4, 0.5) is 5.69 Å². The molecule has 1 aromatic rings. The maximum Gasteiger partial charge on any atom is 0.242 e. The first-order valence-corrected chi connectivity index (χ1v) is 8.93. The van der Waals surface area contributed by atoms with Crippen molar-refractivity contribution < 1.29 is 14.3 Å². The summed E-state index contributed by atoms with van der Waals surface area (Å²) in [5, 5.41) is 3.64. The van der Waals surface area contributed by atoms with E-state index in [0.717, 1.165) is 19.4 Å². The van der Waals surface area contributed by atoms with Crippen LogP contribution in [0, 0.1) is 0 Å². The van der Waals surface area contributed by atoms with Gasteiger partial charge in [0.15, 0.2) is 0 Å². The third-order valence-electron chi connectivity index (χ3n) is 4.58. The van der Waals surface area contributed by atoms with Gasteiger partial charge in [-0.25, -0.2) is 0 Å². The Labute approximate surface area is 149 Å². The van der Waals surface area contributed by atoms with Crippen molar-refractivity contribution in [2.24, 2.45) is 0 Å². The molecule has 1 saturated carbocycles. The summed E-state index contributed by atoms with van der Waals surface area (Å²) in [5.41, 5.74) is 0.701. The van der Waals surface area contributed by atoms with Gasteiger partial charge in [0.25, 0.3) is 0 Å². The zero-order valence-corrected chi connectivity index (χ0v) is 15.5. The van der Waals surface area contributed by atoms with Gasteiger partial charge in [-0.05, 0) is 19.8 Å². The van der Waals surface area contributed by atoms with Crippen LogP contribution in [0.1, 0.15) is 39.0 Å². The number of nitrogens with one attached hydrogen (secondary N) is 1. The molecule has 0 bridgehead atoms. The number of hydrogen-bond donors (Lipinski definition) is 1. The molecule has 24 heavy (non-hydrogen) atoms. The molecule has 5 nitrogen and oxygen atoms in total. The van der Waals surface area contributed by atoms with Gasteiger partial charge in [-0.2, -0.15) is 0 Å². The highest BCUT2D eigenvalue weighted by Crippen LogP contribution is 2.35. The van der Waals surface area contributed by atoms with Gasteiger partial charge in [0, 0.05) is 24.7 Å². The second-order valence-corrected chi connectivity index (χ2v) is 6.42. The minimum Gasteiger partial charge on any atom is -0.495 e. The van der Waals surface area contributed by atoms with E-state index in [1.165, 1.54) is 19.3 Å². The summed E-state index contributed by atoms with van der Waals surface area (Å²) in [6.45, 7) is 3.01. The number of ether oxygens (including phenoxy) is 2. The number of carbonyl (C=O) groups excluding carboxylic acids is 1. The predicted molar refractivity (Wildman–Crippen MR) is 97.3 cm³/mol. The minimum atomic E-state index is 0.111. The number of nitrogens with zero attached hydrogens (tertiary/aromatic N) is 1. The molecule has 1 aliphatic carbocycles. The van der Waals surface area contributed by atoms with Crippen LogP contribution >= 0.6 is 11.6 Å². The van der Waals surface area contributed by atoms with E-state index in [1.54, 1.807) is 26.4 Å². The van der Waals surface area contributed by atoms with Crippen LogP contribution in [0.15, 0.2) is 12.1 Å². The Morgan fingerprint density at radius 1 is 1.21 bits per heavy atom. The van der Waals surface area contributed by atoms with E-state index in [2.05, 4.69) is 5.32 Å². The lowest BCUT2D eigenvalue weighted by atomic mass is 9.94. The van der Waals surface area contributed by atoms with Gasteiger partial charge >= 0.3 is 0 Å². The Balaban J connectivity index is 2.04. The topological polar surface area (TPSA) is 50.8 Å². The molecule has 1 amide bonds. The molecule has 0 aromatic heterocycles. The molecule has 0 saturated heterocycles. The molecule has 1 fully saturated rings. The number of halogens is 1. The van der Waals surface area contributed by atoms with E-state index in [0.29, 0.717) is 28.3 Å². The second kappa shape index (κ2) is 9.02. The Morgan fingerprint density at radius 2 is 1.88 bits per heavy atom. The van der Waals surface area contributed by atoms with Crippen molar-refractivity contribution in [1.82, 2.24) is 4.90 Å². The highest BCUT2D eigenvalue weighted by Gasteiger charge is 2.24. The van der Waals surface area contributed by atoms with Crippen molar-refractivity contribution in [3.63, 3.8) is 0 Å². The van der Waals surface area contributed by atoms with Crippen LogP contribution in [0.3, 0.4) is 0 Å². The van der Waals surface area contributed by atoms with Gasteiger partial charge in [-0.3, -0.25) is 4.79 Å². The molecular weight excluding hydrogens is 328 g/mol. The predicted octanol–water partition coefficient (Wildman–Crippen LogP) is 3.95. The number of benzene rings is 1. The van der Waals surface area contributed by atoms with E-state index in [4.69, 9.17) is 21.1 Å². The van der Waals surface area contributed by atoms with Crippen molar-refractivity contribution in [2.75, 3.05) is 32.6 Å². The molecule has 0 aliphatic heterocycles. The van der Waals surface area contributed by atoms with Crippen molar-refractivity contribution in [1.29, 1.82) is 0 Å². The molecule has 2 rings (SSSR count). The highest BCUT2D eigenvalue weighted by atomic mass is 35.5. The fourth-order valence-corrected chi connectivity index (χ4v) is 3.53. The van der Waals surface area contributed by atoms with Crippen molar-refractivity contribution >= 4 is 23.2 Å². The quantitative estimate of drug-likeness (QED) is 0.805. The van der Waals surface area contributed by atoms with Crippen molar-refractivity contribution in [2.45, 2.75) is 45.1 Å². The summed E-state index contributed by atoms with van der Waals surface area (Å²) in [4.78, 5) is 14.6. The lowest BCUT2D eigenvalue weighted by Crippen LogP contribution is -2.43. The summed E-state index contributed by atoms with van der Waals surface area (Å²) < 4.78 is 10.6. The normalized spacial score (nSPS) is 15.0. The highest BCUT2D eigenvalue weighted by molar-refractivity contribution is 6.32. The van der Waals surface area contributed by atoms with Crippen LogP contribution < -0.4 is 14.8 Å². The average Bonchev–Trinajstić information content (AvgIpc) is 2.61.